The summed E-state index contributed by atoms with van der Waals surface area (Å²) >= 11 is 0. The van der Waals surface area contributed by atoms with Gasteiger partial charge in [0.1, 0.15) is 18.1 Å². The summed E-state index contributed by atoms with van der Waals surface area (Å²) in [6, 6.07) is 15.1. The highest BCUT2D eigenvalue weighted by atomic mass is 16.5. The van der Waals surface area contributed by atoms with E-state index >= 15 is 0 Å². The molecule has 0 N–H and O–H groups in total. The van der Waals surface area contributed by atoms with E-state index in [1.165, 1.54) is 0 Å². The summed E-state index contributed by atoms with van der Waals surface area (Å²) in [5.74, 6) is -0.303. The lowest BCUT2D eigenvalue weighted by atomic mass is 10.1. The van der Waals surface area contributed by atoms with Crippen molar-refractivity contribution in [3.8, 4) is 11.5 Å². The first-order valence-electron chi connectivity index (χ1n) is 9.62. The summed E-state index contributed by atoms with van der Waals surface area (Å²) in [7, 11) is 0. The minimum atomic E-state index is -0.829. The van der Waals surface area contributed by atoms with Gasteiger partial charge in [-0.1, -0.05) is 37.3 Å². The molecule has 3 rings (SSSR count). The van der Waals surface area contributed by atoms with Gasteiger partial charge in [0.15, 0.2) is 0 Å². The Balaban J connectivity index is 1.58. The van der Waals surface area contributed by atoms with E-state index in [4.69, 9.17) is 9.47 Å². The molecule has 1 heterocycles. The molecule has 0 spiro atoms. The predicted molar refractivity (Wildman–Crippen MR) is 107 cm³/mol. The third-order valence-electron chi connectivity index (χ3n) is 4.63. The summed E-state index contributed by atoms with van der Waals surface area (Å²) in [5, 5.41) is 0. The molecule has 1 atom stereocenters. The zero-order chi connectivity index (χ0) is 20.8. The maximum atomic E-state index is 12.7. The van der Waals surface area contributed by atoms with Gasteiger partial charge in [0.25, 0.3) is 0 Å². The molecule has 1 aliphatic rings. The Morgan fingerprint density at radius 3 is 2.00 bits per heavy atom. The average molecular weight is 396 g/mol. The maximum Gasteiger partial charge on any atom is 0.334 e. The molecule has 1 aliphatic heterocycles. The van der Waals surface area contributed by atoms with Gasteiger partial charge in [-0.3, -0.25) is 14.5 Å². The Morgan fingerprint density at radius 2 is 1.41 bits per heavy atom. The van der Waals surface area contributed by atoms with Crippen LogP contribution in [0, 0.1) is 0 Å². The lowest BCUT2D eigenvalue weighted by Crippen LogP contribution is -2.37. The highest BCUT2D eigenvalue weighted by molar-refractivity contribution is 6.44. The lowest BCUT2D eigenvalue weighted by molar-refractivity contribution is -0.144. The number of imide groups is 2. The summed E-state index contributed by atoms with van der Waals surface area (Å²) in [5.41, 5.74) is 0.783. The van der Waals surface area contributed by atoms with Crippen LogP contribution in [-0.4, -0.2) is 47.4 Å². The Hall–Kier alpha value is -3.35. The molecule has 0 aromatic heterocycles. The van der Waals surface area contributed by atoms with E-state index < -0.39 is 23.9 Å². The second-order valence-corrected chi connectivity index (χ2v) is 6.67. The Labute approximate surface area is 169 Å². The molecule has 0 saturated carbocycles. The minimum absolute atomic E-state index is 0.00446. The van der Waals surface area contributed by atoms with Crippen LogP contribution in [0.3, 0.4) is 0 Å². The molecular formula is C22H24N2O5. The maximum absolute atomic E-state index is 12.7. The first-order chi connectivity index (χ1) is 14.0. The number of hydrogen-bond donors (Lipinski definition) is 0. The average Bonchev–Trinajstić information content (AvgIpc) is 2.96. The number of carbonyl (C=O) groups excluding carboxylic acids is 3. The van der Waals surface area contributed by atoms with Crippen molar-refractivity contribution in [3.05, 3.63) is 60.2 Å². The monoisotopic (exact) mass is 396 g/mol. The summed E-state index contributed by atoms with van der Waals surface area (Å²) in [6.45, 7) is 4.49. The largest absolute Gasteiger partial charge is 0.494 e. The van der Waals surface area contributed by atoms with E-state index in [1.807, 2.05) is 37.3 Å². The van der Waals surface area contributed by atoms with Gasteiger partial charge >= 0.3 is 17.8 Å². The van der Waals surface area contributed by atoms with Gasteiger partial charge in [-0.2, -0.15) is 0 Å². The highest BCUT2D eigenvalue weighted by Gasteiger charge is 2.46. The van der Waals surface area contributed by atoms with Crippen molar-refractivity contribution in [1.29, 1.82) is 0 Å². The Morgan fingerprint density at radius 1 is 0.828 bits per heavy atom. The molecule has 0 bridgehead atoms. The van der Waals surface area contributed by atoms with Gasteiger partial charge in [-0.25, -0.2) is 9.69 Å². The van der Waals surface area contributed by atoms with Gasteiger partial charge in [0.2, 0.25) is 0 Å². The van der Waals surface area contributed by atoms with Crippen LogP contribution in [0.15, 0.2) is 54.6 Å². The van der Waals surface area contributed by atoms with Crippen LogP contribution in [0.4, 0.5) is 4.79 Å². The van der Waals surface area contributed by atoms with Gasteiger partial charge in [-0.05, 0) is 43.2 Å². The van der Waals surface area contributed by atoms with Gasteiger partial charge in [0, 0.05) is 0 Å². The first-order valence-corrected chi connectivity index (χ1v) is 9.62. The normalized spacial score (nSPS) is 15.0. The van der Waals surface area contributed by atoms with E-state index in [-0.39, 0.29) is 13.2 Å². The summed E-state index contributed by atoms with van der Waals surface area (Å²) in [4.78, 5) is 39.2. The van der Waals surface area contributed by atoms with Gasteiger partial charge < -0.3 is 9.47 Å². The molecule has 1 unspecified atom stereocenters. The van der Waals surface area contributed by atoms with Crippen LogP contribution in [0.1, 0.15) is 31.9 Å². The molecule has 0 radical (unpaired) electrons. The van der Waals surface area contributed by atoms with Crippen molar-refractivity contribution in [1.82, 2.24) is 9.80 Å². The Kier molecular flexibility index (Phi) is 6.49. The van der Waals surface area contributed by atoms with Crippen molar-refractivity contribution in [2.45, 2.75) is 26.3 Å². The van der Waals surface area contributed by atoms with Gasteiger partial charge in [-0.15, -0.1) is 0 Å². The van der Waals surface area contributed by atoms with E-state index in [1.54, 1.807) is 31.2 Å². The number of carbonyl (C=O) groups is 3. The van der Waals surface area contributed by atoms with Gasteiger partial charge in [0.05, 0.1) is 19.2 Å². The fourth-order valence-electron chi connectivity index (χ4n) is 3.05. The third-order valence-corrected chi connectivity index (χ3v) is 4.63. The highest BCUT2D eigenvalue weighted by Crippen LogP contribution is 2.26. The molecule has 4 amide bonds. The van der Waals surface area contributed by atoms with Crippen molar-refractivity contribution in [2.24, 2.45) is 0 Å². The second-order valence-electron chi connectivity index (χ2n) is 6.67. The van der Waals surface area contributed by atoms with Crippen LogP contribution in [0.5, 0.6) is 11.5 Å². The van der Waals surface area contributed by atoms with Crippen molar-refractivity contribution < 1.29 is 23.9 Å². The molecular weight excluding hydrogens is 372 g/mol. The molecule has 0 aliphatic carbocycles. The molecule has 1 fully saturated rings. The number of urea groups is 1. The molecule has 2 aromatic rings. The quantitative estimate of drug-likeness (QED) is 0.480. The Bertz CT molecular complexity index is 867. The fraction of sp³-hybridized carbons (Fsp3) is 0.318. The topological polar surface area (TPSA) is 76.2 Å². The minimum Gasteiger partial charge on any atom is -0.494 e. The lowest BCUT2D eigenvalue weighted by Gasteiger charge is -2.22. The van der Waals surface area contributed by atoms with E-state index in [2.05, 4.69) is 0 Å². The van der Waals surface area contributed by atoms with Crippen LogP contribution in [0.25, 0.3) is 0 Å². The number of benzene rings is 2. The van der Waals surface area contributed by atoms with Crippen LogP contribution < -0.4 is 9.47 Å². The molecule has 7 nitrogen and oxygen atoms in total. The number of ether oxygens (including phenoxy) is 2. The van der Waals surface area contributed by atoms with Crippen molar-refractivity contribution in [2.75, 3.05) is 19.8 Å². The van der Waals surface area contributed by atoms with Crippen molar-refractivity contribution >= 4 is 17.8 Å². The van der Waals surface area contributed by atoms with E-state index in [9.17, 15) is 14.4 Å². The summed E-state index contributed by atoms with van der Waals surface area (Å²) < 4.78 is 11.1. The SMILES string of the molecule is CCCOc1ccc(OCCN2C(=O)C(=O)N(C(C)c3ccccc3)C2=O)cc1. The molecule has 1 saturated heterocycles. The number of amides is 4. The second kappa shape index (κ2) is 9.23. The first kappa shape index (κ1) is 20.4. The summed E-state index contributed by atoms with van der Waals surface area (Å²) in [6.07, 6.45) is 0.925. The zero-order valence-electron chi connectivity index (χ0n) is 16.5. The van der Waals surface area contributed by atoms with Crippen LogP contribution in [-0.2, 0) is 9.59 Å². The number of hydrogen-bond acceptors (Lipinski definition) is 5. The molecule has 152 valence electrons. The standard InChI is InChI=1S/C22H24N2O5/c1-3-14-28-18-9-11-19(12-10-18)29-15-13-23-20(25)21(26)24(22(23)27)16(2)17-7-5-4-6-8-17/h4-12,16H,3,13-15H2,1-2H3. The van der Waals surface area contributed by atoms with Crippen LogP contribution >= 0.6 is 0 Å². The third kappa shape index (κ3) is 4.56. The number of nitrogens with zero attached hydrogens (tertiary/aromatic N) is 2. The molecule has 7 heteroatoms. The van der Waals surface area contributed by atoms with Crippen molar-refractivity contribution in [3.63, 3.8) is 0 Å². The predicted octanol–water partition coefficient (Wildman–Crippen LogP) is 3.41. The van der Waals surface area contributed by atoms with E-state index in [0.29, 0.717) is 12.4 Å². The smallest absolute Gasteiger partial charge is 0.334 e. The number of rotatable bonds is 9. The molecule has 29 heavy (non-hydrogen) atoms. The van der Waals surface area contributed by atoms with E-state index in [0.717, 1.165) is 27.5 Å². The fourth-order valence-corrected chi connectivity index (χ4v) is 3.05. The zero-order valence-corrected chi connectivity index (χ0v) is 16.5. The van der Waals surface area contributed by atoms with Crippen LogP contribution in [0.2, 0.25) is 0 Å². The molecule has 2 aromatic carbocycles.